The van der Waals surface area contributed by atoms with Crippen LogP contribution in [0, 0.1) is 0 Å². The first-order chi connectivity index (χ1) is 6.61. The van der Waals surface area contributed by atoms with Gasteiger partial charge in [-0.2, -0.15) is 5.10 Å². The molecule has 0 aliphatic heterocycles. The summed E-state index contributed by atoms with van der Waals surface area (Å²) in [6, 6.07) is 6.31. The summed E-state index contributed by atoms with van der Waals surface area (Å²) in [6.45, 7) is 4.17. The second-order valence-corrected chi connectivity index (χ2v) is 4.68. The first kappa shape index (κ1) is 9.99. The molecule has 0 aliphatic rings. The van der Waals surface area contributed by atoms with E-state index in [0.29, 0.717) is 11.2 Å². The molecule has 0 N–H and O–H groups in total. The van der Waals surface area contributed by atoms with Gasteiger partial charge in [-0.25, -0.2) is 0 Å². The van der Waals surface area contributed by atoms with Gasteiger partial charge >= 0.3 is 0 Å². The molecule has 0 spiro atoms. The van der Waals surface area contributed by atoms with Crippen LogP contribution in [-0.4, -0.2) is 9.78 Å². The summed E-state index contributed by atoms with van der Waals surface area (Å²) >= 11 is 9.54. The third-order valence-corrected chi connectivity index (χ3v) is 3.05. The van der Waals surface area contributed by atoms with Crippen LogP contribution in [0.3, 0.4) is 0 Å². The molecule has 0 amide bonds. The van der Waals surface area contributed by atoms with Crippen LogP contribution in [0.1, 0.15) is 19.9 Å². The Kier molecular flexibility index (Phi) is 2.54. The zero-order valence-electron chi connectivity index (χ0n) is 7.96. The molecule has 0 bridgehead atoms. The van der Waals surface area contributed by atoms with Crippen LogP contribution in [0.25, 0.3) is 10.9 Å². The lowest BCUT2D eigenvalue weighted by molar-refractivity contribution is 0.551. The molecule has 1 heterocycles. The fourth-order valence-electron chi connectivity index (χ4n) is 1.50. The van der Waals surface area contributed by atoms with Gasteiger partial charge in [-0.05, 0) is 41.9 Å². The van der Waals surface area contributed by atoms with Crippen LogP contribution in [0.2, 0.25) is 5.15 Å². The van der Waals surface area contributed by atoms with Crippen molar-refractivity contribution < 1.29 is 0 Å². The molecule has 2 aromatic rings. The summed E-state index contributed by atoms with van der Waals surface area (Å²) in [7, 11) is 0. The highest BCUT2D eigenvalue weighted by Crippen LogP contribution is 2.31. The van der Waals surface area contributed by atoms with Gasteiger partial charge in [-0.3, -0.25) is 4.68 Å². The minimum Gasteiger partial charge on any atom is -0.261 e. The maximum Gasteiger partial charge on any atom is 0.160 e. The second kappa shape index (κ2) is 3.55. The van der Waals surface area contributed by atoms with E-state index < -0.39 is 0 Å². The first-order valence-electron chi connectivity index (χ1n) is 4.43. The zero-order valence-corrected chi connectivity index (χ0v) is 10.3. The Morgan fingerprint density at radius 2 is 2.14 bits per heavy atom. The van der Waals surface area contributed by atoms with E-state index in [0.717, 1.165) is 15.4 Å². The number of benzene rings is 1. The van der Waals surface area contributed by atoms with Crippen LogP contribution >= 0.6 is 27.5 Å². The Labute approximate surface area is 96.0 Å². The highest BCUT2D eigenvalue weighted by Gasteiger charge is 2.12. The van der Waals surface area contributed by atoms with E-state index >= 15 is 0 Å². The SMILES string of the molecule is CC(C)n1nc(Cl)c2c(Br)cccc21. The molecule has 1 aromatic carbocycles. The maximum atomic E-state index is 6.07. The van der Waals surface area contributed by atoms with Gasteiger partial charge in [0.2, 0.25) is 0 Å². The fourth-order valence-corrected chi connectivity index (χ4v) is 2.44. The van der Waals surface area contributed by atoms with E-state index in [1.54, 1.807) is 0 Å². The first-order valence-corrected chi connectivity index (χ1v) is 5.60. The van der Waals surface area contributed by atoms with Crippen LogP contribution < -0.4 is 0 Å². The van der Waals surface area contributed by atoms with Gasteiger partial charge in [0.25, 0.3) is 0 Å². The third kappa shape index (κ3) is 1.44. The molecule has 0 fully saturated rings. The lowest BCUT2D eigenvalue weighted by Gasteiger charge is -2.06. The van der Waals surface area contributed by atoms with Gasteiger partial charge in [-0.1, -0.05) is 17.7 Å². The van der Waals surface area contributed by atoms with E-state index in [2.05, 4.69) is 34.9 Å². The Balaban J connectivity index is 2.84. The fraction of sp³-hybridized carbons (Fsp3) is 0.300. The largest absolute Gasteiger partial charge is 0.261 e. The molecule has 2 nitrogen and oxygen atoms in total. The lowest BCUT2D eigenvalue weighted by atomic mass is 10.2. The number of hydrogen-bond acceptors (Lipinski definition) is 1. The molecule has 4 heteroatoms. The predicted octanol–water partition coefficient (Wildman–Crippen LogP) is 4.03. The van der Waals surface area contributed by atoms with Crippen molar-refractivity contribution in [3.05, 3.63) is 27.8 Å². The number of hydrogen-bond donors (Lipinski definition) is 0. The van der Waals surface area contributed by atoms with E-state index in [4.69, 9.17) is 11.6 Å². The van der Waals surface area contributed by atoms with Gasteiger partial charge in [0.1, 0.15) is 0 Å². The molecule has 0 unspecified atom stereocenters. The summed E-state index contributed by atoms with van der Waals surface area (Å²) in [4.78, 5) is 0. The summed E-state index contributed by atoms with van der Waals surface area (Å²) in [5, 5.41) is 5.85. The number of nitrogens with zero attached hydrogens (tertiary/aromatic N) is 2. The van der Waals surface area contributed by atoms with Crippen molar-refractivity contribution in [3.63, 3.8) is 0 Å². The van der Waals surface area contributed by atoms with Gasteiger partial charge in [0, 0.05) is 10.5 Å². The Bertz CT molecular complexity index is 476. The normalized spacial score (nSPS) is 11.5. The third-order valence-electron chi connectivity index (χ3n) is 2.13. The van der Waals surface area contributed by atoms with Crippen molar-refractivity contribution in [2.24, 2.45) is 0 Å². The Morgan fingerprint density at radius 3 is 2.79 bits per heavy atom. The second-order valence-electron chi connectivity index (χ2n) is 3.46. The number of halogens is 2. The minimum atomic E-state index is 0.319. The minimum absolute atomic E-state index is 0.319. The molecule has 74 valence electrons. The summed E-state index contributed by atoms with van der Waals surface area (Å²) < 4.78 is 2.93. The molecule has 1 aromatic heterocycles. The molecule has 14 heavy (non-hydrogen) atoms. The summed E-state index contributed by atoms with van der Waals surface area (Å²) in [5.74, 6) is 0. The molecule has 0 saturated heterocycles. The smallest absolute Gasteiger partial charge is 0.160 e. The van der Waals surface area contributed by atoms with E-state index in [1.807, 2.05) is 22.9 Å². The number of aromatic nitrogens is 2. The summed E-state index contributed by atoms with van der Waals surface area (Å²) in [5.41, 5.74) is 1.07. The Morgan fingerprint density at radius 1 is 1.43 bits per heavy atom. The van der Waals surface area contributed by atoms with Crippen LogP contribution in [0.5, 0.6) is 0 Å². The molecule has 0 aliphatic carbocycles. The van der Waals surface area contributed by atoms with Crippen molar-refractivity contribution in [2.75, 3.05) is 0 Å². The number of rotatable bonds is 1. The highest BCUT2D eigenvalue weighted by atomic mass is 79.9. The average molecular weight is 274 g/mol. The molecular weight excluding hydrogens is 263 g/mol. The highest BCUT2D eigenvalue weighted by molar-refractivity contribution is 9.10. The van der Waals surface area contributed by atoms with Gasteiger partial charge in [0.15, 0.2) is 5.15 Å². The predicted molar refractivity (Wildman–Crippen MR) is 62.8 cm³/mol. The molecular formula is C10H10BrClN2. The van der Waals surface area contributed by atoms with Crippen molar-refractivity contribution in [3.8, 4) is 0 Å². The number of fused-ring (bicyclic) bond motifs is 1. The van der Waals surface area contributed by atoms with E-state index in [9.17, 15) is 0 Å². The molecule has 2 rings (SSSR count). The van der Waals surface area contributed by atoms with E-state index in [-0.39, 0.29) is 0 Å². The van der Waals surface area contributed by atoms with Crippen molar-refractivity contribution in [2.45, 2.75) is 19.9 Å². The standard InChI is InChI=1S/C10H10BrClN2/c1-6(2)14-8-5-3-4-7(11)9(8)10(12)13-14/h3-6H,1-2H3. The van der Waals surface area contributed by atoms with Gasteiger partial charge < -0.3 is 0 Å². The maximum absolute atomic E-state index is 6.07. The van der Waals surface area contributed by atoms with Gasteiger partial charge in [-0.15, -0.1) is 0 Å². The average Bonchev–Trinajstić information content (AvgIpc) is 2.45. The Hall–Kier alpha value is -0.540. The molecule has 0 radical (unpaired) electrons. The van der Waals surface area contributed by atoms with Crippen molar-refractivity contribution in [1.82, 2.24) is 9.78 Å². The van der Waals surface area contributed by atoms with Gasteiger partial charge in [0.05, 0.1) is 10.9 Å². The van der Waals surface area contributed by atoms with Crippen LogP contribution in [0.15, 0.2) is 22.7 Å². The zero-order chi connectivity index (χ0) is 10.3. The van der Waals surface area contributed by atoms with E-state index in [1.165, 1.54) is 0 Å². The lowest BCUT2D eigenvalue weighted by Crippen LogP contribution is -2.01. The van der Waals surface area contributed by atoms with Crippen LogP contribution in [-0.2, 0) is 0 Å². The van der Waals surface area contributed by atoms with Crippen molar-refractivity contribution >= 4 is 38.4 Å². The van der Waals surface area contributed by atoms with Crippen LogP contribution in [0.4, 0.5) is 0 Å². The topological polar surface area (TPSA) is 17.8 Å². The van der Waals surface area contributed by atoms with Crippen molar-refractivity contribution in [1.29, 1.82) is 0 Å². The molecule has 0 saturated carbocycles. The monoisotopic (exact) mass is 272 g/mol. The molecule has 0 atom stereocenters. The summed E-state index contributed by atoms with van der Waals surface area (Å²) in [6.07, 6.45) is 0. The quantitative estimate of drug-likeness (QED) is 0.767.